The van der Waals surface area contributed by atoms with Crippen molar-refractivity contribution in [2.45, 2.75) is 6.61 Å². The summed E-state index contributed by atoms with van der Waals surface area (Å²) in [7, 11) is 3.13. The molecule has 0 N–H and O–H groups in total. The summed E-state index contributed by atoms with van der Waals surface area (Å²) in [6.45, 7) is 1.14. The molecule has 2 aromatic rings. The van der Waals surface area contributed by atoms with Gasteiger partial charge in [-0.3, -0.25) is 9.69 Å². The molecule has 3 rings (SSSR count). The molecular formula is C21H20FNO4S2. The van der Waals surface area contributed by atoms with Gasteiger partial charge in [-0.25, -0.2) is 4.39 Å². The third kappa shape index (κ3) is 5.35. The number of thioether (sulfide) groups is 1. The monoisotopic (exact) mass is 433 g/mol. The van der Waals surface area contributed by atoms with Gasteiger partial charge >= 0.3 is 0 Å². The van der Waals surface area contributed by atoms with Crippen LogP contribution in [0.3, 0.4) is 0 Å². The van der Waals surface area contributed by atoms with E-state index in [1.165, 1.54) is 28.8 Å². The summed E-state index contributed by atoms with van der Waals surface area (Å²) in [4.78, 5) is 14.6. The van der Waals surface area contributed by atoms with Crippen LogP contribution in [0, 0.1) is 5.82 Å². The second-order valence-corrected chi connectivity index (χ2v) is 7.83. The largest absolute Gasteiger partial charge is 0.493 e. The van der Waals surface area contributed by atoms with Crippen LogP contribution in [0.5, 0.6) is 11.5 Å². The fourth-order valence-electron chi connectivity index (χ4n) is 2.66. The Bertz CT molecular complexity index is 931. The number of amides is 1. The maximum atomic E-state index is 13.0. The maximum absolute atomic E-state index is 13.0. The van der Waals surface area contributed by atoms with Crippen molar-refractivity contribution in [3.05, 3.63) is 64.3 Å². The molecule has 5 nitrogen and oxygen atoms in total. The molecule has 8 heteroatoms. The minimum Gasteiger partial charge on any atom is -0.493 e. The smallest absolute Gasteiger partial charge is 0.266 e. The Hall–Kier alpha value is -2.42. The fraction of sp³-hybridized carbons (Fsp3) is 0.238. The van der Waals surface area contributed by atoms with Crippen molar-refractivity contribution in [2.24, 2.45) is 0 Å². The van der Waals surface area contributed by atoms with Crippen LogP contribution < -0.4 is 9.47 Å². The Morgan fingerprint density at radius 1 is 1.14 bits per heavy atom. The molecule has 1 saturated heterocycles. The van der Waals surface area contributed by atoms with E-state index in [-0.39, 0.29) is 18.3 Å². The van der Waals surface area contributed by atoms with Crippen molar-refractivity contribution in [1.82, 2.24) is 4.90 Å². The first kappa shape index (κ1) is 21.3. The van der Waals surface area contributed by atoms with Gasteiger partial charge in [-0.15, -0.1) is 0 Å². The second-order valence-electron chi connectivity index (χ2n) is 6.15. The zero-order chi connectivity index (χ0) is 20.8. The molecule has 2 aromatic carbocycles. The van der Waals surface area contributed by atoms with Crippen LogP contribution in [0.25, 0.3) is 6.08 Å². The van der Waals surface area contributed by atoms with Gasteiger partial charge in [0.2, 0.25) is 0 Å². The van der Waals surface area contributed by atoms with E-state index in [0.717, 1.165) is 11.1 Å². The van der Waals surface area contributed by atoms with Crippen LogP contribution in [0.4, 0.5) is 4.39 Å². The van der Waals surface area contributed by atoms with Crippen LogP contribution in [0.2, 0.25) is 0 Å². The molecule has 1 aliphatic heterocycles. The molecule has 1 aliphatic rings. The molecule has 0 saturated carbocycles. The number of benzene rings is 2. The van der Waals surface area contributed by atoms with Crippen LogP contribution >= 0.6 is 24.0 Å². The molecule has 0 aromatic heterocycles. The summed E-state index contributed by atoms with van der Waals surface area (Å²) in [5.41, 5.74) is 1.64. The molecule has 0 unspecified atom stereocenters. The van der Waals surface area contributed by atoms with E-state index in [4.69, 9.17) is 26.4 Å². The van der Waals surface area contributed by atoms with E-state index >= 15 is 0 Å². The zero-order valence-corrected chi connectivity index (χ0v) is 17.6. The molecule has 152 valence electrons. The SMILES string of the molecule is COCCN1C(=O)/C(=C/c2ccc(OCc3ccc(F)cc3)c(OC)c2)SC1=S. The number of halogens is 1. The predicted molar refractivity (Wildman–Crippen MR) is 115 cm³/mol. The molecule has 29 heavy (non-hydrogen) atoms. The van der Waals surface area contributed by atoms with Crippen molar-refractivity contribution >= 4 is 40.3 Å². The van der Waals surface area contributed by atoms with Crippen molar-refractivity contribution in [2.75, 3.05) is 27.4 Å². The zero-order valence-electron chi connectivity index (χ0n) is 16.0. The number of hydrogen-bond acceptors (Lipinski definition) is 6. The summed E-state index contributed by atoms with van der Waals surface area (Å²) >= 11 is 6.55. The Labute approximate surface area is 178 Å². The van der Waals surface area contributed by atoms with E-state index in [9.17, 15) is 9.18 Å². The summed E-state index contributed by atoms with van der Waals surface area (Å²) in [6, 6.07) is 11.5. The summed E-state index contributed by atoms with van der Waals surface area (Å²) in [5.74, 6) is 0.674. The quantitative estimate of drug-likeness (QED) is 0.458. The maximum Gasteiger partial charge on any atom is 0.266 e. The van der Waals surface area contributed by atoms with E-state index in [1.54, 1.807) is 44.6 Å². The number of rotatable bonds is 8. The highest BCUT2D eigenvalue weighted by molar-refractivity contribution is 8.26. The Kier molecular flexibility index (Phi) is 7.24. The highest BCUT2D eigenvalue weighted by Gasteiger charge is 2.31. The Morgan fingerprint density at radius 2 is 1.90 bits per heavy atom. The van der Waals surface area contributed by atoms with Gasteiger partial charge in [0.05, 0.1) is 25.2 Å². The summed E-state index contributed by atoms with van der Waals surface area (Å²) < 4.78 is 29.8. The van der Waals surface area contributed by atoms with E-state index in [0.29, 0.717) is 33.9 Å². The van der Waals surface area contributed by atoms with Gasteiger partial charge in [0.1, 0.15) is 16.7 Å². The molecular weight excluding hydrogens is 413 g/mol. The number of methoxy groups -OCH3 is 2. The number of carbonyl (C=O) groups is 1. The lowest BCUT2D eigenvalue weighted by atomic mass is 10.1. The van der Waals surface area contributed by atoms with Crippen molar-refractivity contribution in [3.63, 3.8) is 0 Å². The van der Waals surface area contributed by atoms with Crippen LogP contribution in [0.1, 0.15) is 11.1 Å². The minimum absolute atomic E-state index is 0.132. The first-order valence-corrected chi connectivity index (χ1v) is 10.0. The first-order valence-electron chi connectivity index (χ1n) is 8.81. The first-order chi connectivity index (χ1) is 14.0. The van der Waals surface area contributed by atoms with Crippen LogP contribution in [-0.2, 0) is 16.1 Å². The van der Waals surface area contributed by atoms with Gasteiger partial charge in [0, 0.05) is 7.11 Å². The van der Waals surface area contributed by atoms with E-state index in [1.807, 2.05) is 6.07 Å². The number of thiocarbonyl (C=S) groups is 1. The average Bonchev–Trinajstić information content (AvgIpc) is 2.99. The van der Waals surface area contributed by atoms with Crippen molar-refractivity contribution < 1.29 is 23.4 Å². The predicted octanol–water partition coefficient (Wildman–Crippen LogP) is 4.26. The van der Waals surface area contributed by atoms with E-state index < -0.39 is 0 Å². The number of hydrogen-bond donors (Lipinski definition) is 0. The van der Waals surface area contributed by atoms with Gasteiger partial charge in [-0.1, -0.05) is 42.2 Å². The molecule has 1 heterocycles. The topological polar surface area (TPSA) is 48.0 Å². The van der Waals surface area contributed by atoms with Gasteiger partial charge in [-0.2, -0.15) is 0 Å². The van der Waals surface area contributed by atoms with Gasteiger partial charge in [-0.05, 0) is 41.5 Å². The molecule has 0 atom stereocenters. The lowest BCUT2D eigenvalue weighted by Gasteiger charge is -2.13. The molecule has 0 spiro atoms. The third-order valence-electron chi connectivity index (χ3n) is 4.19. The fourth-order valence-corrected chi connectivity index (χ4v) is 3.97. The minimum atomic E-state index is -0.289. The normalized spacial score (nSPS) is 15.3. The highest BCUT2D eigenvalue weighted by Crippen LogP contribution is 2.34. The number of carbonyl (C=O) groups excluding carboxylic acids is 1. The third-order valence-corrected chi connectivity index (χ3v) is 5.56. The van der Waals surface area contributed by atoms with Crippen LogP contribution in [0.15, 0.2) is 47.4 Å². The second kappa shape index (κ2) is 9.87. The Balaban J connectivity index is 1.73. The molecule has 0 aliphatic carbocycles. The lowest BCUT2D eigenvalue weighted by molar-refractivity contribution is -0.122. The average molecular weight is 434 g/mol. The van der Waals surface area contributed by atoms with Gasteiger partial charge in [0.15, 0.2) is 11.5 Å². The van der Waals surface area contributed by atoms with E-state index in [2.05, 4.69) is 0 Å². The molecule has 1 amide bonds. The van der Waals surface area contributed by atoms with Gasteiger partial charge in [0.25, 0.3) is 5.91 Å². The van der Waals surface area contributed by atoms with Gasteiger partial charge < -0.3 is 14.2 Å². The lowest BCUT2D eigenvalue weighted by Crippen LogP contribution is -2.31. The van der Waals surface area contributed by atoms with Crippen molar-refractivity contribution in [3.8, 4) is 11.5 Å². The molecule has 0 bridgehead atoms. The molecule has 1 fully saturated rings. The standard InChI is InChI=1S/C21H20FNO4S2/c1-25-10-9-23-20(24)19(29-21(23)28)12-15-5-8-17(18(11-15)26-2)27-13-14-3-6-16(22)7-4-14/h3-8,11-12H,9-10,13H2,1-2H3/b19-12-. The number of nitrogens with zero attached hydrogens (tertiary/aromatic N) is 1. The summed E-state index contributed by atoms with van der Waals surface area (Å²) in [5, 5.41) is 0. The number of ether oxygens (including phenoxy) is 3. The highest BCUT2D eigenvalue weighted by atomic mass is 32.2. The van der Waals surface area contributed by atoms with Crippen molar-refractivity contribution in [1.29, 1.82) is 0 Å². The van der Waals surface area contributed by atoms with Crippen LogP contribution in [-0.4, -0.2) is 42.5 Å². The Morgan fingerprint density at radius 3 is 2.59 bits per heavy atom. The summed E-state index contributed by atoms with van der Waals surface area (Å²) in [6.07, 6.45) is 1.78. The molecule has 0 radical (unpaired) electrons.